The molecule has 0 aliphatic carbocycles. The van der Waals surface area contributed by atoms with E-state index >= 15 is 0 Å². The maximum Gasteiger partial charge on any atom is 0.405 e. The van der Waals surface area contributed by atoms with Crippen LogP contribution >= 0.6 is 0 Å². The van der Waals surface area contributed by atoms with Gasteiger partial charge < -0.3 is 20.8 Å². The van der Waals surface area contributed by atoms with E-state index in [2.05, 4.69) is 25.7 Å². The molecule has 35 heavy (non-hydrogen) atoms. The van der Waals surface area contributed by atoms with Gasteiger partial charge in [-0.15, -0.1) is 0 Å². The Morgan fingerprint density at radius 1 is 1.17 bits per heavy atom. The van der Waals surface area contributed by atoms with Crippen LogP contribution in [0, 0.1) is 6.92 Å². The topological polar surface area (TPSA) is 141 Å². The highest BCUT2D eigenvalue weighted by atomic mass is 19.4. The fourth-order valence-corrected chi connectivity index (χ4v) is 3.03. The number of carbonyl (C=O) groups excluding carboxylic acids is 2. The van der Waals surface area contributed by atoms with Crippen LogP contribution in [0.4, 0.5) is 24.7 Å². The molecule has 0 aliphatic rings. The molecule has 4 N–H and O–H groups in total. The predicted molar refractivity (Wildman–Crippen MR) is 119 cm³/mol. The number of benzene rings is 1. The number of nitrogens with two attached hydrogens (primary N) is 1. The molecule has 3 aromatic heterocycles. The largest absolute Gasteiger partial charge is 0.444 e. The van der Waals surface area contributed by atoms with E-state index in [1.165, 1.54) is 29.2 Å². The van der Waals surface area contributed by atoms with Crippen LogP contribution in [-0.2, 0) is 0 Å². The van der Waals surface area contributed by atoms with Crippen LogP contribution in [0.15, 0.2) is 59.5 Å². The number of anilines is 2. The van der Waals surface area contributed by atoms with E-state index in [-0.39, 0.29) is 28.8 Å². The van der Waals surface area contributed by atoms with Crippen LogP contribution < -0.4 is 16.4 Å². The highest BCUT2D eigenvalue weighted by Gasteiger charge is 2.27. The van der Waals surface area contributed by atoms with Gasteiger partial charge in [0.1, 0.15) is 18.6 Å². The molecule has 0 unspecified atom stereocenters. The smallest absolute Gasteiger partial charge is 0.405 e. The third-order valence-corrected chi connectivity index (χ3v) is 4.71. The summed E-state index contributed by atoms with van der Waals surface area (Å²) < 4.78 is 44.0. The molecular weight excluding hydrogens is 467 g/mol. The van der Waals surface area contributed by atoms with Crippen LogP contribution in [0.5, 0.6) is 0 Å². The summed E-state index contributed by atoms with van der Waals surface area (Å²) in [5.74, 6) is -1.62. The van der Waals surface area contributed by atoms with Crippen LogP contribution in [-0.4, -0.2) is 44.3 Å². The van der Waals surface area contributed by atoms with E-state index in [4.69, 9.17) is 10.2 Å². The van der Waals surface area contributed by atoms with Crippen LogP contribution in [0.1, 0.15) is 26.5 Å². The van der Waals surface area contributed by atoms with E-state index in [0.29, 0.717) is 11.3 Å². The van der Waals surface area contributed by atoms with E-state index in [1.807, 2.05) is 19.1 Å². The van der Waals surface area contributed by atoms with Crippen molar-refractivity contribution >= 4 is 23.3 Å². The van der Waals surface area contributed by atoms with Crippen LogP contribution in [0.25, 0.3) is 17.1 Å². The number of halogens is 3. The lowest BCUT2D eigenvalue weighted by Gasteiger charge is -2.08. The Labute approximate surface area is 196 Å². The number of pyridine rings is 1. The summed E-state index contributed by atoms with van der Waals surface area (Å²) >= 11 is 0. The number of amides is 2. The number of oxazole rings is 1. The van der Waals surface area contributed by atoms with Crippen molar-refractivity contribution in [1.29, 1.82) is 0 Å². The molecule has 0 saturated carbocycles. The third kappa shape index (κ3) is 5.63. The van der Waals surface area contributed by atoms with E-state index in [1.54, 1.807) is 12.1 Å². The lowest BCUT2D eigenvalue weighted by Crippen LogP contribution is -2.21. The summed E-state index contributed by atoms with van der Waals surface area (Å²) in [7, 11) is 0. The van der Waals surface area contributed by atoms with Crippen molar-refractivity contribution in [2.24, 2.45) is 5.73 Å². The molecular formula is C22H18F3N7O3. The number of aryl methyl sites for hydroxylation is 1. The normalized spacial score (nSPS) is 11.3. The summed E-state index contributed by atoms with van der Waals surface area (Å²) in [5.41, 5.74) is 7.16. The van der Waals surface area contributed by atoms with Crippen LogP contribution in [0.3, 0.4) is 0 Å². The van der Waals surface area contributed by atoms with Crippen molar-refractivity contribution in [1.82, 2.24) is 19.7 Å². The van der Waals surface area contributed by atoms with Crippen LogP contribution in [0.2, 0.25) is 0 Å². The molecule has 0 bridgehead atoms. The molecule has 1 aromatic carbocycles. The first-order chi connectivity index (χ1) is 16.6. The Balaban J connectivity index is 1.53. The number of carbonyl (C=O) groups is 2. The number of rotatable bonds is 7. The van der Waals surface area contributed by atoms with Gasteiger partial charge >= 0.3 is 6.18 Å². The van der Waals surface area contributed by atoms with Gasteiger partial charge in [0.25, 0.3) is 11.8 Å². The first-order valence-corrected chi connectivity index (χ1v) is 10.1. The molecule has 0 saturated heterocycles. The first-order valence-electron chi connectivity index (χ1n) is 10.1. The van der Waals surface area contributed by atoms with Crippen molar-refractivity contribution in [2.75, 3.05) is 17.2 Å². The zero-order valence-electron chi connectivity index (χ0n) is 18.1. The summed E-state index contributed by atoms with van der Waals surface area (Å²) in [6.45, 7) is 0.659. The molecule has 4 aromatic rings. The summed E-state index contributed by atoms with van der Waals surface area (Å²) in [6, 6.07) is 10.1. The van der Waals surface area contributed by atoms with Gasteiger partial charge in [-0.3, -0.25) is 9.59 Å². The lowest BCUT2D eigenvalue weighted by atomic mass is 10.2. The van der Waals surface area contributed by atoms with Crippen molar-refractivity contribution in [2.45, 2.75) is 13.1 Å². The second kappa shape index (κ2) is 9.29. The first kappa shape index (κ1) is 23.5. The number of primary amides is 1. The number of alkyl halides is 3. The highest BCUT2D eigenvalue weighted by molar-refractivity contribution is 6.07. The zero-order valence-corrected chi connectivity index (χ0v) is 18.1. The molecule has 10 nitrogen and oxygen atoms in total. The number of nitrogens with one attached hydrogen (secondary N) is 2. The van der Waals surface area contributed by atoms with Gasteiger partial charge in [0.05, 0.1) is 17.6 Å². The molecule has 0 radical (unpaired) electrons. The van der Waals surface area contributed by atoms with Crippen molar-refractivity contribution < 1.29 is 27.2 Å². The fourth-order valence-electron chi connectivity index (χ4n) is 3.03. The standard InChI is InChI=1S/C22H18F3N7O3/c1-12-2-4-14(5-3-12)32-9-15(18(31-32)19(26)33)29-20(34)16-10-35-21(30-16)13-6-7-27-17(8-13)28-11-22(23,24)25/h2-10H,11H2,1H3,(H2,26,33)(H,27,28)(H,29,34). The molecule has 2 amide bonds. The molecule has 0 fully saturated rings. The number of hydrogen-bond acceptors (Lipinski definition) is 7. The Morgan fingerprint density at radius 2 is 1.91 bits per heavy atom. The van der Waals surface area contributed by atoms with Crippen molar-refractivity contribution in [3.05, 3.63) is 72.0 Å². The minimum atomic E-state index is -4.41. The fraction of sp³-hybridized carbons (Fsp3) is 0.136. The second-order valence-corrected chi connectivity index (χ2v) is 7.43. The number of aromatic nitrogens is 4. The minimum Gasteiger partial charge on any atom is -0.444 e. The Bertz CT molecular complexity index is 1380. The molecule has 4 rings (SSSR count). The maximum absolute atomic E-state index is 12.7. The van der Waals surface area contributed by atoms with E-state index < -0.39 is 24.5 Å². The lowest BCUT2D eigenvalue weighted by molar-refractivity contribution is -0.115. The highest BCUT2D eigenvalue weighted by Crippen LogP contribution is 2.23. The average Bonchev–Trinajstić information content (AvgIpc) is 3.46. The quantitative estimate of drug-likeness (QED) is 0.363. The van der Waals surface area contributed by atoms with Gasteiger partial charge in [0.15, 0.2) is 11.4 Å². The Morgan fingerprint density at radius 3 is 2.60 bits per heavy atom. The Kier molecular flexibility index (Phi) is 6.23. The molecule has 13 heteroatoms. The second-order valence-electron chi connectivity index (χ2n) is 7.43. The molecule has 0 aliphatic heterocycles. The molecule has 3 heterocycles. The van der Waals surface area contributed by atoms with Gasteiger partial charge in [-0.2, -0.15) is 18.3 Å². The van der Waals surface area contributed by atoms with Gasteiger partial charge in [-0.25, -0.2) is 14.6 Å². The molecule has 180 valence electrons. The average molecular weight is 485 g/mol. The van der Waals surface area contributed by atoms with Gasteiger partial charge in [0, 0.05) is 11.8 Å². The summed E-state index contributed by atoms with van der Waals surface area (Å²) in [6.07, 6.45) is -0.632. The van der Waals surface area contributed by atoms with Gasteiger partial charge in [-0.1, -0.05) is 17.7 Å². The van der Waals surface area contributed by atoms with Crippen molar-refractivity contribution in [3.63, 3.8) is 0 Å². The minimum absolute atomic E-state index is 0.0157. The van der Waals surface area contributed by atoms with Gasteiger partial charge in [-0.05, 0) is 31.2 Å². The molecule has 0 spiro atoms. The Hall–Kier alpha value is -4.68. The van der Waals surface area contributed by atoms with Gasteiger partial charge in [0.2, 0.25) is 5.89 Å². The number of hydrogen-bond donors (Lipinski definition) is 3. The van der Waals surface area contributed by atoms with E-state index in [0.717, 1.165) is 11.8 Å². The molecule has 0 atom stereocenters. The van der Waals surface area contributed by atoms with E-state index in [9.17, 15) is 22.8 Å². The predicted octanol–water partition coefficient (Wildman–Crippen LogP) is 3.56. The SMILES string of the molecule is Cc1ccc(-n2cc(NC(=O)c3coc(-c4ccnc(NCC(F)(F)F)c4)n3)c(C(N)=O)n2)cc1. The van der Waals surface area contributed by atoms with Crippen molar-refractivity contribution in [3.8, 4) is 17.1 Å². The summed E-state index contributed by atoms with van der Waals surface area (Å²) in [5, 5.41) is 8.83. The zero-order chi connectivity index (χ0) is 25.2. The third-order valence-electron chi connectivity index (χ3n) is 4.71. The maximum atomic E-state index is 12.7. The summed E-state index contributed by atoms with van der Waals surface area (Å²) in [4.78, 5) is 32.5. The number of nitrogens with zero attached hydrogens (tertiary/aromatic N) is 4. The monoisotopic (exact) mass is 485 g/mol.